The quantitative estimate of drug-likeness (QED) is 0.503. The molecule has 3 aromatic carbocycles. The highest BCUT2D eigenvalue weighted by Gasteiger charge is 2.35. The molecule has 0 unspecified atom stereocenters. The highest BCUT2D eigenvalue weighted by atomic mass is 16.2. The number of nitrogens with zero attached hydrogens (tertiary/aromatic N) is 1. The van der Waals surface area contributed by atoms with Gasteiger partial charge in [0.2, 0.25) is 5.91 Å². The van der Waals surface area contributed by atoms with E-state index in [4.69, 9.17) is 5.73 Å². The molecule has 3 amide bonds. The smallest absolute Gasteiger partial charge is 0.331 e. The van der Waals surface area contributed by atoms with Gasteiger partial charge >= 0.3 is 6.03 Å². The van der Waals surface area contributed by atoms with Crippen molar-refractivity contribution in [2.24, 2.45) is 5.73 Å². The number of hydrazine groups is 1. The molecule has 0 spiro atoms. The molecule has 0 aliphatic heterocycles. The van der Waals surface area contributed by atoms with Crippen molar-refractivity contribution in [2.75, 3.05) is 5.01 Å². The van der Waals surface area contributed by atoms with Crippen LogP contribution in [-0.4, -0.2) is 23.5 Å². The third-order valence-electron chi connectivity index (χ3n) is 5.15. The Morgan fingerprint density at radius 1 is 0.839 bits per heavy atom. The maximum absolute atomic E-state index is 13.5. The number of fused-ring (bicyclic) bond motifs is 2. The zero-order valence-electron chi connectivity index (χ0n) is 16.7. The van der Waals surface area contributed by atoms with Crippen molar-refractivity contribution in [2.45, 2.75) is 13.3 Å². The molecule has 7 nitrogen and oxygen atoms in total. The van der Waals surface area contributed by atoms with Crippen LogP contribution in [0.4, 0.5) is 10.5 Å². The lowest BCUT2D eigenvalue weighted by Crippen LogP contribution is -2.49. The first kappa shape index (κ1) is 20.0. The number of hydrogen-bond donors (Lipinski definition) is 2. The van der Waals surface area contributed by atoms with Crippen molar-refractivity contribution in [1.82, 2.24) is 5.43 Å². The summed E-state index contributed by atoms with van der Waals surface area (Å²) in [6.45, 7) is 1.24. The van der Waals surface area contributed by atoms with Gasteiger partial charge in [0, 0.05) is 23.6 Å². The summed E-state index contributed by atoms with van der Waals surface area (Å²) in [5.74, 6) is -1.27. The van der Waals surface area contributed by atoms with Gasteiger partial charge in [-0.05, 0) is 23.6 Å². The fourth-order valence-corrected chi connectivity index (χ4v) is 3.83. The average molecular weight is 413 g/mol. The van der Waals surface area contributed by atoms with E-state index in [1.165, 1.54) is 6.92 Å². The molecule has 7 heteroatoms. The molecule has 1 aliphatic carbocycles. The van der Waals surface area contributed by atoms with Gasteiger partial charge in [0.25, 0.3) is 0 Å². The van der Waals surface area contributed by atoms with Crippen LogP contribution < -0.4 is 16.2 Å². The van der Waals surface area contributed by atoms with E-state index in [1.807, 2.05) is 30.3 Å². The van der Waals surface area contributed by atoms with E-state index in [2.05, 4.69) is 5.43 Å². The molecule has 31 heavy (non-hydrogen) atoms. The maximum Gasteiger partial charge on any atom is 0.331 e. The van der Waals surface area contributed by atoms with Crippen LogP contribution in [-0.2, 0) is 11.2 Å². The Kier molecular flexibility index (Phi) is 5.09. The average Bonchev–Trinajstić information content (AvgIpc) is 2.76. The van der Waals surface area contributed by atoms with Crippen LogP contribution in [0.5, 0.6) is 0 Å². The van der Waals surface area contributed by atoms with Crippen LogP contribution in [0.15, 0.2) is 66.7 Å². The molecule has 3 aromatic rings. The summed E-state index contributed by atoms with van der Waals surface area (Å²) >= 11 is 0. The molecule has 0 atom stereocenters. The minimum Gasteiger partial charge on any atom is -0.350 e. The molecule has 1 aliphatic rings. The number of amides is 3. The zero-order chi connectivity index (χ0) is 22.1. The first-order valence-corrected chi connectivity index (χ1v) is 9.63. The Hall–Kier alpha value is -4.26. The van der Waals surface area contributed by atoms with Crippen LogP contribution in [0, 0.1) is 0 Å². The Labute approximate surface area is 178 Å². The van der Waals surface area contributed by atoms with E-state index in [0.717, 1.165) is 10.6 Å². The highest BCUT2D eigenvalue weighted by molar-refractivity contribution is 6.31. The molecule has 0 fully saturated rings. The number of hydrogen-bond acceptors (Lipinski definition) is 4. The number of nitrogens with two attached hydrogens (primary N) is 1. The third kappa shape index (κ3) is 3.57. The first-order chi connectivity index (χ1) is 14.9. The molecule has 0 saturated heterocycles. The standard InChI is InChI=1S/C24H19N3O4/c1-14(28)27(26-24(25)31)21-16(13-15-7-3-2-4-8-15)11-12-19-20(21)23(30)18-10-6-5-9-17(18)22(19)29/h2-12H,13H2,1H3,(H3,25,26,31). The minimum absolute atomic E-state index is 0.0704. The van der Waals surface area contributed by atoms with Crippen molar-refractivity contribution in [3.63, 3.8) is 0 Å². The monoisotopic (exact) mass is 413 g/mol. The van der Waals surface area contributed by atoms with Crippen LogP contribution in [0.25, 0.3) is 0 Å². The predicted octanol–water partition coefficient (Wildman–Crippen LogP) is 2.99. The summed E-state index contributed by atoms with van der Waals surface area (Å²) in [5, 5.41) is 0.943. The molecule has 0 radical (unpaired) electrons. The van der Waals surface area contributed by atoms with Gasteiger partial charge in [-0.25, -0.2) is 15.2 Å². The SMILES string of the molecule is CC(=O)N(NC(N)=O)c1c(Cc2ccccc2)ccc2c1C(=O)c1ccccc1C2=O. The number of ketones is 2. The van der Waals surface area contributed by atoms with Crippen LogP contribution in [0.3, 0.4) is 0 Å². The number of rotatable bonds is 3. The first-order valence-electron chi connectivity index (χ1n) is 9.63. The topological polar surface area (TPSA) is 110 Å². The fourth-order valence-electron chi connectivity index (χ4n) is 3.83. The van der Waals surface area contributed by atoms with Gasteiger partial charge in [-0.15, -0.1) is 0 Å². The van der Waals surface area contributed by atoms with Gasteiger partial charge < -0.3 is 5.73 Å². The Morgan fingerprint density at radius 3 is 2.06 bits per heavy atom. The van der Waals surface area contributed by atoms with Crippen molar-refractivity contribution in [3.8, 4) is 0 Å². The van der Waals surface area contributed by atoms with Crippen LogP contribution >= 0.6 is 0 Å². The summed E-state index contributed by atoms with van der Waals surface area (Å²) in [7, 11) is 0. The van der Waals surface area contributed by atoms with Crippen LogP contribution in [0.1, 0.15) is 49.9 Å². The summed E-state index contributed by atoms with van der Waals surface area (Å²) in [6.07, 6.45) is 0.372. The largest absolute Gasteiger partial charge is 0.350 e. The number of anilines is 1. The summed E-state index contributed by atoms with van der Waals surface area (Å²) in [5.41, 5.74) is 10.1. The molecule has 4 rings (SSSR count). The van der Waals surface area contributed by atoms with E-state index in [0.29, 0.717) is 17.5 Å². The van der Waals surface area contributed by atoms with Gasteiger partial charge in [0.05, 0.1) is 11.3 Å². The highest BCUT2D eigenvalue weighted by Crippen LogP contribution is 2.37. The van der Waals surface area contributed by atoms with Gasteiger partial charge in [-0.3, -0.25) is 14.4 Å². The molecule has 3 N–H and O–H groups in total. The van der Waals surface area contributed by atoms with Crippen molar-refractivity contribution in [1.29, 1.82) is 0 Å². The molecule has 0 heterocycles. The third-order valence-corrected chi connectivity index (χ3v) is 5.15. The number of nitrogens with one attached hydrogen (secondary N) is 1. The second-order valence-electron chi connectivity index (χ2n) is 7.19. The molecule has 154 valence electrons. The number of urea groups is 1. The fraction of sp³-hybridized carbons (Fsp3) is 0.0833. The van der Waals surface area contributed by atoms with Crippen molar-refractivity contribution >= 4 is 29.2 Å². The maximum atomic E-state index is 13.5. The molecule has 0 bridgehead atoms. The summed E-state index contributed by atoms with van der Waals surface area (Å²) in [6, 6.07) is 18.3. The number of benzene rings is 3. The molecular weight excluding hydrogens is 394 g/mol. The summed E-state index contributed by atoms with van der Waals surface area (Å²) < 4.78 is 0. The second kappa shape index (κ2) is 7.87. The predicted molar refractivity (Wildman–Crippen MR) is 115 cm³/mol. The number of carbonyl (C=O) groups is 4. The van der Waals surface area contributed by atoms with Gasteiger partial charge in [0.1, 0.15) is 0 Å². The van der Waals surface area contributed by atoms with Crippen molar-refractivity contribution < 1.29 is 19.2 Å². The van der Waals surface area contributed by atoms with E-state index < -0.39 is 17.7 Å². The zero-order valence-corrected chi connectivity index (χ0v) is 16.7. The summed E-state index contributed by atoms with van der Waals surface area (Å²) in [4.78, 5) is 50.7. The lowest BCUT2D eigenvalue weighted by molar-refractivity contribution is -0.117. The van der Waals surface area contributed by atoms with Crippen molar-refractivity contribution in [3.05, 3.63) is 100 Å². The van der Waals surface area contributed by atoms with Gasteiger partial charge in [0.15, 0.2) is 11.6 Å². The Morgan fingerprint density at radius 2 is 1.45 bits per heavy atom. The van der Waals surface area contributed by atoms with E-state index in [9.17, 15) is 19.2 Å². The lowest BCUT2D eigenvalue weighted by atomic mass is 9.81. The number of primary amides is 1. The normalized spacial score (nSPS) is 12.0. The molecule has 0 aromatic heterocycles. The Bertz CT molecular complexity index is 1230. The number of carbonyl (C=O) groups excluding carboxylic acids is 4. The van der Waals surface area contributed by atoms with E-state index in [-0.39, 0.29) is 28.2 Å². The van der Waals surface area contributed by atoms with Gasteiger partial charge in [-0.1, -0.05) is 60.7 Å². The molecular formula is C24H19N3O4. The lowest BCUT2D eigenvalue weighted by Gasteiger charge is -2.29. The van der Waals surface area contributed by atoms with E-state index >= 15 is 0 Å². The van der Waals surface area contributed by atoms with Gasteiger partial charge in [-0.2, -0.15) is 0 Å². The molecule has 0 saturated carbocycles. The Balaban J connectivity index is 1.98. The van der Waals surface area contributed by atoms with Crippen LogP contribution in [0.2, 0.25) is 0 Å². The second-order valence-corrected chi connectivity index (χ2v) is 7.19. The minimum atomic E-state index is -0.964. The van der Waals surface area contributed by atoms with E-state index in [1.54, 1.807) is 36.4 Å².